The predicted octanol–water partition coefficient (Wildman–Crippen LogP) is 1.99. The highest BCUT2D eigenvalue weighted by Gasteiger charge is 2.20. The van der Waals surface area contributed by atoms with Gasteiger partial charge in [-0.3, -0.25) is 4.40 Å². The molecule has 0 unspecified atom stereocenters. The summed E-state index contributed by atoms with van der Waals surface area (Å²) in [7, 11) is 0. The number of carbonyl (C=O) groups is 2. The minimum atomic E-state index is -1.23. The lowest BCUT2D eigenvalue weighted by molar-refractivity contribution is 0.0682. The van der Waals surface area contributed by atoms with Gasteiger partial charge in [0.05, 0.1) is 17.3 Å². The molecule has 3 rings (SSSR count). The van der Waals surface area contributed by atoms with Crippen LogP contribution in [0.5, 0.6) is 0 Å². The lowest BCUT2D eigenvalue weighted by atomic mass is 10.2. The van der Waals surface area contributed by atoms with E-state index in [2.05, 4.69) is 4.98 Å². The number of aromatic carboxylic acids is 2. The molecule has 100 valence electrons. The van der Waals surface area contributed by atoms with E-state index in [1.165, 1.54) is 29.0 Å². The summed E-state index contributed by atoms with van der Waals surface area (Å²) in [5, 5.41) is 18.1. The minimum absolute atomic E-state index is 0.00843. The standard InChI is InChI=1S/C13H8N2O5/c16-12(17)7-3-4-15-8(6-7)10(13(18)19)14-11(15)9-2-1-5-20-9/h1-6H,(H,16,17)(H,18,19). The zero-order chi connectivity index (χ0) is 14.3. The van der Waals surface area contributed by atoms with Crippen LogP contribution in [0.25, 0.3) is 17.1 Å². The van der Waals surface area contributed by atoms with Crippen LogP contribution in [0.4, 0.5) is 0 Å². The van der Waals surface area contributed by atoms with Crippen molar-refractivity contribution in [3.63, 3.8) is 0 Å². The molecule has 0 spiro atoms. The SMILES string of the molecule is O=C(O)c1ccn2c(-c3ccco3)nc(C(=O)O)c2c1. The second-order valence-corrected chi connectivity index (χ2v) is 4.04. The molecular formula is C13H8N2O5. The van der Waals surface area contributed by atoms with Crippen molar-refractivity contribution in [2.45, 2.75) is 0 Å². The largest absolute Gasteiger partial charge is 0.478 e. The number of carboxylic acids is 2. The molecule has 0 aromatic carbocycles. The van der Waals surface area contributed by atoms with E-state index in [0.717, 1.165) is 0 Å². The fraction of sp³-hybridized carbons (Fsp3) is 0. The molecule has 0 amide bonds. The molecule has 0 saturated carbocycles. The van der Waals surface area contributed by atoms with Gasteiger partial charge in [-0.1, -0.05) is 0 Å². The van der Waals surface area contributed by atoms with Crippen LogP contribution in [-0.4, -0.2) is 31.5 Å². The lowest BCUT2D eigenvalue weighted by Crippen LogP contribution is -2.00. The Balaban J connectivity index is 2.34. The van der Waals surface area contributed by atoms with E-state index in [9.17, 15) is 9.59 Å². The summed E-state index contributed by atoms with van der Waals surface area (Å²) in [6.45, 7) is 0. The van der Waals surface area contributed by atoms with Crippen molar-refractivity contribution in [3.8, 4) is 11.6 Å². The molecule has 0 aliphatic heterocycles. The second kappa shape index (κ2) is 4.23. The minimum Gasteiger partial charge on any atom is -0.478 e. The Morgan fingerprint density at radius 2 is 2.00 bits per heavy atom. The summed E-state index contributed by atoms with van der Waals surface area (Å²) in [5.74, 6) is -1.66. The zero-order valence-electron chi connectivity index (χ0n) is 9.98. The maximum atomic E-state index is 11.2. The normalized spacial score (nSPS) is 10.8. The first-order chi connectivity index (χ1) is 9.58. The molecule has 7 nitrogen and oxygen atoms in total. The molecule has 20 heavy (non-hydrogen) atoms. The van der Waals surface area contributed by atoms with Crippen LogP contribution in [0.3, 0.4) is 0 Å². The third-order valence-corrected chi connectivity index (χ3v) is 2.83. The van der Waals surface area contributed by atoms with Crippen molar-refractivity contribution in [1.82, 2.24) is 9.38 Å². The quantitative estimate of drug-likeness (QED) is 0.755. The molecule has 0 bridgehead atoms. The van der Waals surface area contributed by atoms with Crippen LogP contribution in [-0.2, 0) is 0 Å². The number of pyridine rings is 1. The van der Waals surface area contributed by atoms with Crippen LogP contribution in [0, 0.1) is 0 Å². The first-order valence-electron chi connectivity index (χ1n) is 5.60. The van der Waals surface area contributed by atoms with Gasteiger partial charge in [0.2, 0.25) is 0 Å². The summed E-state index contributed by atoms with van der Waals surface area (Å²) < 4.78 is 6.69. The first kappa shape index (κ1) is 12.0. The Bertz CT molecular complexity index is 817. The van der Waals surface area contributed by atoms with E-state index in [0.29, 0.717) is 11.6 Å². The van der Waals surface area contributed by atoms with Crippen molar-refractivity contribution >= 4 is 17.5 Å². The molecule has 0 radical (unpaired) electrons. The molecule has 3 aromatic heterocycles. The van der Waals surface area contributed by atoms with Crippen molar-refractivity contribution in [2.75, 3.05) is 0 Å². The number of fused-ring (bicyclic) bond motifs is 1. The average molecular weight is 272 g/mol. The Hall–Kier alpha value is -3.09. The summed E-state index contributed by atoms with van der Waals surface area (Å²) in [6, 6.07) is 5.94. The van der Waals surface area contributed by atoms with Crippen LogP contribution in [0.1, 0.15) is 20.8 Å². The van der Waals surface area contributed by atoms with Gasteiger partial charge >= 0.3 is 11.9 Å². The summed E-state index contributed by atoms with van der Waals surface area (Å²) in [4.78, 5) is 26.2. The summed E-state index contributed by atoms with van der Waals surface area (Å²) in [5.41, 5.74) is -0.0332. The molecule has 0 atom stereocenters. The van der Waals surface area contributed by atoms with Gasteiger partial charge in [-0.25, -0.2) is 14.6 Å². The van der Waals surface area contributed by atoms with Crippen LogP contribution in [0.15, 0.2) is 41.1 Å². The Morgan fingerprint density at radius 1 is 1.20 bits per heavy atom. The van der Waals surface area contributed by atoms with Crippen molar-refractivity contribution in [1.29, 1.82) is 0 Å². The number of imidazole rings is 1. The average Bonchev–Trinajstić information content (AvgIpc) is 3.04. The molecule has 2 N–H and O–H groups in total. The number of carboxylic acid groups (broad SMARTS) is 2. The van der Waals surface area contributed by atoms with Crippen LogP contribution < -0.4 is 0 Å². The molecule has 0 aliphatic carbocycles. The summed E-state index contributed by atoms with van der Waals surface area (Å²) in [6.07, 6.45) is 2.90. The number of nitrogens with zero attached hydrogens (tertiary/aromatic N) is 2. The molecule has 0 fully saturated rings. The second-order valence-electron chi connectivity index (χ2n) is 4.04. The van der Waals surface area contributed by atoms with Crippen LogP contribution in [0.2, 0.25) is 0 Å². The highest BCUT2D eigenvalue weighted by Crippen LogP contribution is 2.24. The highest BCUT2D eigenvalue weighted by atomic mass is 16.4. The number of hydrogen-bond acceptors (Lipinski definition) is 4. The van der Waals surface area contributed by atoms with Crippen LogP contribution >= 0.6 is 0 Å². The van der Waals surface area contributed by atoms with Gasteiger partial charge in [0.15, 0.2) is 17.3 Å². The third-order valence-electron chi connectivity index (χ3n) is 2.83. The zero-order valence-corrected chi connectivity index (χ0v) is 9.98. The molecule has 0 saturated heterocycles. The van der Waals surface area contributed by atoms with Crippen molar-refractivity contribution in [2.24, 2.45) is 0 Å². The summed E-state index contributed by atoms with van der Waals surface area (Å²) >= 11 is 0. The maximum absolute atomic E-state index is 11.2. The van der Waals surface area contributed by atoms with Gasteiger partial charge < -0.3 is 14.6 Å². The smallest absolute Gasteiger partial charge is 0.356 e. The fourth-order valence-corrected chi connectivity index (χ4v) is 1.95. The van der Waals surface area contributed by atoms with Crippen molar-refractivity contribution in [3.05, 3.63) is 48.0 Å². The number of furan rings is 1. The number of rotatable bonds is 3. The molecule has 3 aromatic rings. The maximum Gasteiger partial charge on any atom is 0.356 e. The monoisotopic (exact) mass is 272 g/mol. The third kappa shape index (κ3) is 1.72. The van der Waals surface area contributed by atoms with Gasteiger partial charge in [-0.15, -0.1) is 0 Å². The van der Waals surface area contributed by atoms with E-state index >= 15 is 0 Å². The van der Waals surface area contributed by atoms with E-state index in [4.69, 9.17) is 14.6 Å². The van der Waals surface area contributed by atoms with Gasteiger partial charge in [0.25, 0.3) is 0 Å². The topological polar surface area (TPSA) is 105 Å². The molecule has 3 heterocycles. The van der Waals surface area contributed by atoms with Gasteiger partial charge in [-0.05, 0) is 24.3 Å². The lowest BCUT2D eigenvalue weighted by Gasteiger charge is -2.00. The van der Waals surface area contributed by atoms with Gasteiger partial charge in [-0.2, -0.15) is 0 Å². The van der Waals surface area contributed by atoms with Gasteiger partial charge in [0.1, 0.15) is 0 Å². The molecular weight excluding hydrogens is 264 g/mol. The predicted molar refractivity (Wildman–Crippen MR) is 66.8 cm³/mol. The van der Waals surface area contributed by atoms with E-state index in [1.54, 1.807) is 12.1 Å². The first-order valence-corrected chi connectivity index (χ1v) is 5.60. The van der Waals surface area contributed by atoms with E-state index in [1.807, 2.05) is 0 Å². The Kier molecular flexibility index (Phi) is 2.53. The van der Waals surface area contributed by atoms with E-state index < -0.39 is 11.9 Å². The number of aromatic nitrogens is 2. The molecule has 0 aliphatic rings. The Morgan fingerprint density at radius 3 is 2.60 bits per heavy atom. The number of hydrogen-bond donors (Lipinski definition) is 2. The molecule has 7 heteroatoms. The van der Waals surface area contributed by atoms with E-state index in [-0.39, 0.29) is 16.8 Å². The van der Waals surface area contributed by atoms with Gasteiger partial charge in [0, 0.05) is 6.20 Å². The van der Waals surface area contributed by atoms with Crippen molar-refractivity contribution < 1.29 is 24.2 Å². The Labute approximate surface area is 111 Å². The fourth-order valence-electron chi connectivity index (χ4n) is 1.95. The highest BCUT2D eigenvalue weighted by molar-refractivity contribution is 5.97.